The summed E-state index contributed by atoms with van der Waals surface area (Å²) >= 11 is 0. The van der Waals surface area contributed by atoms with Crippen molar-refractivity contribution in [2.45, 2.75) is 26.3 Å². The first-order chi connectivity index (χ1) is 14.1. The van der Waals surface area contributed by atoms with Gasteiger partial charge >= 0.3 is 5.97 Å². The molecule has 0 spiro atoms. The average molecular weight is 392 g/mol. The average Bonchev–Trinajstić information content (AvgIpc) is 3.22. The predicted octanol–water partition coefficient (Wildman–Crippen LogP) is 3.78. The van der Waals surface area contributed by atoms with Gasteiger partial charge in [0.15, 0.2) is 11.7 Å². The van der Waals surface area contributed by atoms with Gasteiger partial charge in [0.25, 0.3) is 0 Å². The fraction of sp³-hybridized carbons (Fsp3) is 0.261. The molecular formula is C23H24N2O4. The van der Waals surface area contributed by atoms with Crippen LogP contribution in [0.1, 0.15) is 23.4 Å². The van der Waals surface area contributed by atoms with Crippen LogP contribution in [0.4, 0.5) is 0 Å². The Morgan fingerprint density at radius 1 is 1.07 bits per heavy atom. The van der Waals surface area contributed by atoms with Crippen molar-refractivity contribution in [1.29, 1.82) is 0 Å². The third-order valence-electron chi connectivity index (χ3n) is 4.69. The van der Waals surface area contributed by atoms with Gasteiger partial charge in [-0.2, -0.15) is 0 Å². The van der Waals surface area contributed by atoms with Crippen molar-refractivity contribution in [2.24, 2.45) is 0 Å². The van der Waals surface area contributed by atoms with Gasteiger partial charge in [-0.25, -0.2) is 4.98 Å². The SMILES string of the molecule is COC(=O)CN(Cc1ccccc1C)C(=O)CCc1ncc(-c2ccccc2)o1. The molecular weight excluding hydrogens is 368 g/mol. The Bertz CT molecular complexity index is 966. The minimum absolute atomic E-state index is 0.0927. The van der Waals surface area contributed by atoms with Crippen molar-refractivity contribution in [3.63, 3.8) is 0 Å². The summed E-state index contributed by atoms with van der Waals surface area (Å²) in [6, 6.07) is 17.5. The summed E-state index contributed by atoms with van der Waals surface area (Å²) in [5, 5.41) is 0. The summed E-state index contributed by atoms with van der Waals surface area (Å²) in [6.07, 6.45) is 2.21. The van der Waals surface area contributed by atoms with Gasteiger partial charge in [-0.3, -0.25) is 9.59 Å². The molecule has 1 amide bonds. The normalized spacial score (nSPS) is 10.6. The molecule has 150 valence electrons. The molecule has 1 heterocycles. The maximum Gasteiger partial charge on any atom is 0.325 e. The molecule has 0 aliphatic carbocycles. The molecule has 0 aliphatic heterocycles. The van der Waals surface area contributed by atoms with Gasteiger partial charge in [0.2, 0.25) is 5.91 Å². The number of oxazole rings is 1. The lowest BCUT2D eigenvalue weighted by Crippen LogP contribution is -2.36. The number of carbonyl (C=O) groups is 2. The first kappa shape index (κ1) is 20.3. The minimum Gasteiger partial charge on any atom is -0.468 e. The van der Waals surface area contributed by atoms with E-state index in [0.717, 1.165) is 16.7 Å². The van der Waals surface area contributed by atoms with E-state index in [-0.39, 0.29) is 18.9 Å². The summed E-state index contributed by atoms with van der Waals surface area (Å²) in [5.41, 5.74) is 2.99. The topological polar surface area (TPSA) is 72.6 Å². The zero-order valence-electron chi connectivity index (χ0n) is 16.6. The monoisotopic (exact) mass is 392 g/mol. The molecule has 6 nitrogen and oxygen atoms in total. The van der Waals surface area contributed by atoms with E-state index in [9.17, 15) is 9.59 Å². The van der Waals surface area contributed by atoms with E-state index in [1.54, 1.807) is 6.20 Å². The van der Waals surface area contributed by atoms with Gasteiger partial charge in [-0.15, -0.1) is 0 Å². The number of ether oxygens (including phenoxy) is 1. The Balaban J connectivity index is 1.66. The molecule has 0 fully saturated rings. The van der Waals surface area contributed by atoms with Crippen LogP contribution in [0, 0.1) is 6.92 Å². The zero-order valence-corrected chi connectivity index (χ0v) is 16.6. The molecule has 0 saturated heterocycles. The molecule has 6 heteroatoms. The standard InChI is InChI=1S/C23H24N2O4/c1-17-8-6-7-11-19(17)15-25(16-23(27)28-2)22(26)13-12-21-24-14-20(29-21)18-9-4-3-5-10-18/h3-11,14H,12-13,15-16H2,1-2H3. The predicted molar refractivity (Wildman–Crippen MR) is 109 cm³/mol. The third kappa shape index (κ3) is 5.54. The maximum absolute atomic E-state index is 12.8. The van der Waals surface area contributed by atoms with Gasteiger partial charge in [0.1, 0.15) is 6.54 Å². The van der Waals surface area contributed by atoms with E-state index in [4.69, 9.17) is 9.15 Å². The lowest BCUT2D eigenvalue weighted by molar-refractivity contribution is -0.147. The second kappa shape index (κ2) is 9.68. The second-order valence-corrected chi connectivity index (χ2v) is 6.74. The van der Waals surface area contributed by atoms with Gasteiger partial charge in [0, 0.05) is 24.9 Å². The van der Waals surface area contributed by atoms with E-state index in [1.807, 2.05) is 61.5 Å². The number of rotatable bonds is 8. The Kier molecular flexibility index (Phi) is 6.79. The highest BCUT2D eigenvalue weighted by Crippen LogP contribution is 2.20. The number of methoxy groups -OCH3 is 1. The number of hydrogen-bond acceptors (Lipinski definition) is 5. The van der Waals surface area contributed by atoms with Crippen molar-refractivity contribution in [1.82, 2.24) is 9.88 Å². The van der Waals surface area contributed by atoms with Crippen LogP contribution >= 0.6 is 0 Å². The summed E-state index contributed by atoms with van der Waals surface area (Å²) in [7, 11) is 1.32. The number of benzene rings is 2. The highest BCUT2D eigenvalue weighted by Gasteiger charge is 2.19. The molecule has 1 aromatic heterocycles. The quantitative estimate of drug-likeness (QED) is 0.546. The molecule has 2 aromatic carbocycles. The van der Waals surface area contributed by atoms with Crippen LogP contribution in [-0.4, -0.2) is 35.4 Å². The highest BCUT2D eigenvalue weighted by molar-refractivity contribution is 5.82. The lowest BCUT2D eigenvalue weighted by atomic mass is 10.1. The molecule has 3 aromatic rings. The van der Waals surface area contributed by atoms with Crippen LogP contribution < -0.4 is 0 Å². The van der Waals surface area contributed by atoms with Crippen LogP contribution in [0.25, 0.3) is 11.3 Å². The number of amides is 1. The maximum atomic E-state index is 12.8. The fourth-order valence-corrected chi connectivity index (χ4v) is 2.98. The summed E-state index contributed by atoms with van der Waals surface area (Å²) in [4.78, 5) is 30.4. The molecule has 3 rings (SSSR count). The number of nitrogens with zero attached hydrogens (tertiary/aromatic N) is 2. The minimum atomic E-state index is -0.450. The highest BCUT2D eigenvalue weighted by atomic mass is 16.5. The van der Waals surface area contributed by atoms with Gasteiger partial charge in [-0.05, 0) is 18.1 Å². The molecule has 29 heavy (non-hydrogen) atoms. The van der Waals surface area contributed by atoms with E-state index in [0.29, 0.717) is 24.6 Å². The second-order valence-electron chi connectivity index (χ2n) is 6.74. The number of aromatic nitrogens is 1. The number of hydrogen-bond donors (Lipinski definition) is 0. The third-order valence-corrected chi connectivity index (χ3v) is 4.69. The van der Waals surface area contributed by atoms with Crippen molar-refractivity contribution in [2.75, 3.05) is 13.7 Å². The van der Waals surface area contributed by atoms with Crippen LogP contribution in [0.5, 0.6) is 0 Å². The zero-order chi connectivity index (χ0) is 20.6. The Morgan fingerprint density at radius 3 is 2.52 bits per heavy atom. The number of esters is 1. The van der Waals surface area contributed by atoms with Crippen LogP contribution in [0.3, 0.4) is 0 Å². The molecule has 0 saturated carbocycles. The molecule has 0 bridgehead atoms. The van der Waals surface area contributed by atoms with Crippen LogP contribution in [-0.2, 0) is 27.3 Å². The van der Waals surface area contributed by atoms with Crippen molar-refractivity contribution in [3.05, 3.63) is 77.8 Å². The Labute approximate surface area is 170 Å². The first-order valence-electron chi connectivity index (χ1n) is 9.46. The van der Waals surface area contributed by atoms with E-state index < -0.39 is 5.97 Å². The lowest BCUT2D eigenvalue weighted by Gasteiger charge is -2.22. The number of carbonyl (C=O) groups excluding carboxylic acids is 2. The van der Waals surface area contributed by atoms with Crippen LogP contribution in [0.2, 0.25) is 0 Å². The Morgan fingerprint density at radius 2 is 1.79 bits per heavy atom. The molecule has 0 radical (unpaired) electrons. The smallest absolute Gasteiger partial charge is 0.325 e. The van der Waals surface area contributed by atoms with Gasteiger partial charge in [0.05, 0.1) is 13.3 Å². The number of aryl methyl sites for hydroxylation is 2. The summed E-state index contributed by atoms with van der Waals surface area (Å²) in [6.45, 7) is 2.24. The molecule has 0 N–H and O–H groups in total. The van der Waals surface area contributed by atoms with Gasteiger partial charge < -0.3 is 14.1 Å². The van der Waals surface area contributed by atoms with Crippen LogP contribution in [0.15, 0.2) is 65.2 Å². The van der Waals surface area contributed by atoms with Gasteiger partial charge in [-0.1, -0.05) is 54.6 Å². The van der Waals surface area contributed by atoms with E-state index >= 15 is 0 Å². The first-order valence-corrected chi connectivity index (χ1v) is 9.46. The summed E-state index contributed by atoms with van der Waals surface area (Å²) in [5.74, 6) is 0.554. The van der Waals surface area contributed by atoms with Crippen molar-refractivity contribution >= 4 is 11.9 Å². The molecule has 0 atom stereocenters. The summed E-state index contributed by atoms with van der Waals surface area (Å²) < 4.78 is 10.5. The van der Waals surface area contributed by atoms with Crippen molar-refractivity contribution < 1.29 is 18.7 Å². The van der Waals surface area contributed by atoms with Crippen molar-refractivity contribution in [3.8, 4) is 11.3 Å². The van der Waals surface area contributed by atoms with E-state index in [2.05, 4.69) is 4.98 Å². The molecule has 0 aliphatic rings. The van der Waals surface area contributed by atoms with E-state index in [1.165, 1.54) is 12.0 Å². The fourth-order valence-electron chi connectivity index (χ4n) is 2.98. The largest absolute Gasteiger partial charge is 0.468 e. The Hall–Kier alpha value is -3.41. The molecule has 0 unspecified atom stereocenters.